The molecule has 0 atom stereocenters. The van der Waals surface area contributed by atoms with Gasteiger partial charge in [-0.1, -0.05) is 29.8 Å². The van der Waals surface area contributed by atoms with Gasteiger partial charge in [0.2, 0.25) is 0 Å². The summed E-state index contributed by atoms with van der Waals surface area (Å²) >= 11 is 7.50. The number of nitrogens with zero attached hydrogens (tertiary/aromatic N) is 3. The molecule has 0 radical (unpaired) electrons. The van der Waals surface area contributed by atoms with Crippen LogP contribution in [0.2, 0.25) is 5.02 Å². The number of nitrogens with one attached hydrogen (secondary N) is 2. The summed E-state index contributed by atoms with van der Waals surface area (Å²) in [5, 5.41) is 9.98. The van der Waals surface area contributed by atoms with Gasteiger partial charge < -0.3 is 10.6 Å². The van der Waals surface area contributed by atoms with Gasteiger partial charge in [0.05, 0.1) is 11.4 Å². The van der Waals surface area contributed by atoms with Gasteiger partial charge in [0.1, 0.15) is 5.69 Å². The molecule has 0 saturated heterocycles. The highest BCUT2D eigenvalue weighted by Crippen LogP contribution is 2.26. The highest BCUT2D eigenvalue weighted by molar-refractivity contribution is 7.14. The van der Waals surface area contributed by atoms with Gasteiger partial charge in [-0.05, 0) is 30.7 Å². The van der Waals surface area contributed by atoms with Gasteiger partial charge in [-0.15, -0.1) is 11.3 Å². The maximum absolute atomic E-state index is 5.96. The molecule has 0 spiro atoms. The molecular weight excluding hydrogens is 354 g/mol. The second-order valence-corrected chi connectivity index (χ2v) is 6.88. The monoisotopic (exact) mass is 369 g/mol. The molecule has 0 aliphatic carbocycles. The van der Waals surface area contributed by atoms with Gasteiger partial charge in [-0.3, -0.25) is 4.99 Å². The Bertz CT molecular complexity index is 904. The van der Waals surface area contributed by atoms with Gasteiger partial charge in [0, 0.05) is 29.1 Å². The van der Waals surface area contributed by atoms with Gasteiger partial charge in [0.25, 0.3) is 0 Å². The molecule has 3 heterocycles. The van der Waals surface area contributed by atoms with Gasteiger partial charge in [0.15, 0.2) is 11.1 Å². The number of guanidine groups is 1. The Morgan fingerprint density at radius 3 is 2.64 bits per heavy atom. The van der Waals surface area contributed by atoms with E-state index in [1.165, 1.54) is 0 Å². The van der Waals surface area contributed by atoms with Crippen LogP contribution in [-0.2, 0) is 0 Å². The summed E-state index contributed by atoms with van der Waals surface area (Å²) in [4.78, 5) is 13.8. The number of hydrogen-bond donors (Lipinski definition) is 2. The minimum atomic E-state index is 0.717. The fourth-order valence-corrected chi connectivity index (χ4v) is 3.35. The Hall–Kier alpha value is -2.44. The lowest BCUT2D eigenvalue weighted by Crippen LogP contribution is -2.35. The molecule has 126 valence electrons. The van der Waals surface area contributed by atoms with E-state index in [4.69, 9.17) is 16.6 Å². The van der Waals surface area contributed by atoms with E-state index < -0.39 is 0 Å². The van der Waals surface area contributed by atoms with Crippen LogP contribution < -0.4 is 10.6 Å². The number of thiazole rings is 1. The van der Waals surface area contributed by atoms with E-state index in [2.05, 4.69) is 20.6 Å². The van der Waals surface area contributed by atoms with Crippen LogP contribution in [0.5, 0.6) is 0 Å². The first kappa shape index (κ1) is 16.1. The van der Waals surface area contributed by atoms with Crippen molar-refractivity contribution < 1.29 is 0 Å². The predicted molar refractivity (Wildman–Crippen MR) is 104 cm³/mol. The quantitative estimate of drug-likeness (QED) is 0.723. The Kier molecular flexibility index (Phi) is 4.63. The lowest BCUT2D eigenvalue weighted by molar-refractivity contribution is 0.740. The average molecular weight is 370 g/mol. The third-order valence-corrected chi connectivity index (χ3v) is 4.79. The van der Waals surface area contributed by atoms with Crippen LogP contribution in [0, 0.1) is 0 Å². The number of anilines is 1. The molecule has 0 unspecified atom stereocenters. The number of aromatic nitrogens is 2. The van der Waals surface area contributed by atoms with Crippen LogP contribution >= 0.6 is 22.9 Å². The fraction of sp³-hybridized carbons (Fsp3) is 0.167. The molecule has 7 heteroatoms. The van der Waals surface area contributed by atoms with Crippen molar-refractivity contribution in [2.45, 2.75) is 6.42 Å². The zero-order valence-electron chi connectivity index (χ0n) is 13.4. The van der Waals surface area contributed by atoms with Crippen molar-refractivity contribution in [3.63, 3.8) is 0 Å². The molecule has 4 rings (SSSR count). The van der Waals surface area contributed by atoms with E-state index in [1.807, 2.05) is 47.8 Å². The Balaban J connectivity index is 1.57. The van der Waals surface area contributed by atoms with E-state index in [0.717, 1.165) is 53.2 Å². The van der Waals surface area contributed by atoms with E-state index in [-0.39, 0.29) is 0 Å². The molecule has 2 N–H and O–H groups in total. The number of benzene rings is 1. The second-order valence-electron chi connectivity index (χ2n) is 5.59. The highest BCUT2D eigenvalue weighted by atomic mass is 35.5. The number of pyridine rings is 1. The molecule has 1 aliphatic heterocycles. The molecule has 2 aromatic heterocycles. The van der Waals surface area contributed by atoms with Crippen LogP contribution in [0.25, 0.3) is 22.6 Å². The SMILES string of the molecule is Clc1ccc(-c2cccc(-c3csc(NC4=NCCCN4)n3)n2)cc1. The number of halogens is 1. The minimum Gasteiger partial charge on any atom is -0.356 e. The number of hydrogen-bond acceptors (Lipinski definition) is 6. The molecule has 0 saturated carbocycles. The zero-order chi connectivity index (χ0) is 17.1. The first-order valence-corrected chi connectivity index (χ1v) is 9.28. The summed E-state index contributed by atoms with van der Waals surface area (Å²) in [5.41, 5.74) is 3.62. The lowest BCUT2D eigenvalue weighted by Gasteiger charge is -2.14. The lowest BCUT2D eigenvalue weighted by atomic mass is 10.1. The normalized spacial score (nSPS) is 13.9. The van der Waals surface area contributed by atoms with E-state index in [0.29, 0.717) is 5.02 Å². The molecule has 0 amide bonds. The summed E-state index contributed by atoms with van der Waals surface area (Å²) in [6.07, 6.45) is 1.07. The summed E-state index contributed by atoms with van der Waals surface area (Å²) in [7, 11) is 0. The molecule has 0 bridgehead atoms. The second kappa shape index (κ2) is 7.21. The molecule has 25 heavy (non-hydrogen) atoms. The van der Waals surface area contributed by atoms with Crippen LogP contribution in [0.15, 0.2) is 52.8 Å². The van der Waals surface area contributed by atoms with Gasteiger partial charge in [-0.25, -0.2) is 9.97 Å². The molecule has 3 aromatic rings. The van der Waals surface area contributed by atoms with Crippen LogP contribution in [-0.4, -0.2) is 29.0 Å². The predicted octanol–water partition coefficient (Wildman–Crippen LogP) is 4.29. The van der Waals surface area contributed by atoms with Crippen molar-refractivity contribution in [1.29, 1.82) is 0 Å². The topological polar surface area (TPSA) is 62.2 Å². The Morgan fingerprint density at radius 2 is 1.84 bits per heavy atom. The van der Waals surface area contributed by atoms with Crippen LogP contribution in [0.1, 0.15) is 6.42 Å². The summed E-state index contributed by atoms with van der Waals surface area (Å²) in [6.45, 7) is 1.78. The standard InChI is InChI=1S/C18H16ClN5S/c19-13-7-5-12(6-8-13)14-3-1-4-15(22-14)16-11-25-18(23-16)24-17-20-9-2-10-21-17/h1,3-8,11H,2,9-10H2,(H2,20,21,23,24). The summed E-state index contributed by atoms with van der Waals surface area (Å²) < 4.78 is 0. The van der Waals surface area contributed by atoms with Crippen molar-refractivity contribution in [3.8, 4) is 22.6 Å². The van der Waals surface area contributed by atoms with Crippen molar-refractivity contribution >= 4 is 34.0 Å². The summed E-state index contributed by atoms with van der Waals surface area (Å²) in [6, 6.07) is 13.6. The third-order valence-electron chi connectivity index (χ3n) is 3.78. The van der Waals surface area contributed by atoms with E-state index in [1.54, 1.807) is 11.3 Å². The van der Waals surface area contributed by atoms with Crippen molar-refractivity contribution in [3.05, 3.63) is 52.9 Å². The average Bonchev–Trinajstić information content (AvgIpc) is 3.12. The van der Waals surface area contributed by atoms with Gasteiger partial charge in [-0.2, -0.15) is 0 Å². The first-order valence-electron chi connectivity index (χ1n) is 8.02. The highest BCUT2D eigenvalue weighted by Gasteiger charge is 2.10. The Labute approximate surface area is 154 Å². The maximum Gasteiger partial charge on any atom is 0.197 e. The van der Waals surface area contributed by atoms with E-state index in [9.17, 15) is 0 Å². The zero-order valence-corrected chi connectivity index (χ0v) is 14.9. The van der Waals surface area contributed by atoms with Crippen LogP contribution in [0.3, 0.4) is 0 Å². The minimum absolute atomic E-state index is 0.717. The molecule has 5 nitrogen and oxygen atoms in total. The van der Waals surface area contributed by atoms with E-state index >= 15 is 0 Å². The summed E-state index contributed by atoms with van der Waals surface area (Å²) in [5.74, 6) is 0.787. The number of rotatable bonds is 3. The van der Waals surface area contributed by atoms with Crippen LogP contribution in [0.4, 0.5) is 5.13 Å². The number of aliphatic imine (C=N–C) groups is 1. The van der Waals surface area contributed by atoms with Crippen molar-refractivity contribution in [1.82, 2.24) is 15.3 Å². The fourth-order valence-electron chi connectivity index (χ4n) is 2.53. The van der Waals surface area contributed by atoms with Crippen molar-refractivity contribution in [2.75, 3.05) is 18.4 Å². The largest absolute Gasteiger partial charge is 0.356 e. The van der Waals surface area contributed by atoms with Gasteiger partial charge >= 0.3 is 0 Å². The maximum atomic E-state index is 5.96. The molecule has 1 aliphatic rings. The molecule has 0 fully saturated rings. The smallest absolute Gasteiger partial charge is 0.197 e. The first-order chi connectivity index (χ1) is 12.3. The molecular formula is C18H16ClN5S. The Morgan fingerprint density at radius 1 is 1.00 bits per heavy atom. The van der Waals surface area contributed by atoms with Crippen molar-refractivity contribution in [2.24, 2.45) is 4.99 Å². The molecule has 1 aromatic carbocycles. The third kappa shape index (κ3) is 3.81.